The van der Waals surface area contributed by atoms with E-state index in [1.807, 2.05) is 24.3 Å². The average Bonchev–Trinajstić information content (AvgIpc) is 3.56. The molecule has 0 spiro atoms. The molecule has 1 aliphatic heterocycles. The van der Waals surface area contributed by atoms with Gasteiger partial charge in [0, 0.05) is 35.9 Å². The van der Waals surface area contributed by atoms with Crippen LogP contribution in [0.15, 0.2) is 66.7 Å². The smallest absolute Gasteiger partial charge is 0.349 e. The van der Waals surface area contributed by atoms with E-state index >= 15 is 0 Å². The van der Waals surface area contributed by atoms with Gasteiger partial charge in [0.2, 0.25) is 11.5 Å². The molecule has 3 heterocycles. The summed E-state index contributed by atoms with van der Waals surface area (Å²) in [5.41, 5.74) is 5.87. The average molecular weight is 670 g/mol. The molecule has 0 fully saturated rings. The fourth-order valence-corrected chi connectivity index (χ4v) is 7.73. The van der Waals surface area contributed by atoms with Gasteiger partial charge in [0.05, 0.1) is 38.2 Å². The van der Waals surface area contributed by atoms with Gasteiger partial charge in [-0.25, -0.2) is 4.57 Å². The summed E-state index contributed by atoms with van der Waals surface area (Å²) >= 11 is 1.69. The van der Waals surface area contributed by atoms with Crippen molar-refractivity contribution in [1.82, 2.24) is 4.40 Å². The predicted octanol–water partition coefficient (Wildman–Crippen LogP) is 7.86. The molecule has 0 amide bonds. The molecule has 1 atom stereocenters. The molecule has 0 saturated heterocycles. The van der Waals surface area contributed by atoms with Crippen LogP contribution in [0.4, 0.5) is 11.5 Å². The third-order valence-electron chi connectivity index (χ3n) is 8.70. The van der Waals surface area contributed by atoms with Gasteiger partial charge in [0.1, 0.15) is 29.9 Å². The molecule has 5 aromatic rings. The van der Waals surface area contributed by atoms with E-state index in [9.17, 15) is 4.79 Å². The third-order valence-corrected chi connectivity index (χ3v) is 9.90. The fourth-order valence-electron chi connectivity index (χ4n) is 6.37. The van der Waals surface area contributed by atoms with E-state index in [1.165, 1.54) is 7.11 Å². The van der Waals surface area contributed by atoms with E-state index < -0.39 is 0 Å². The number of ether oxygens (including phenoxy) is 4. The fraction of sp³-hybridized carbons (Fsp3) is 0.368. The molecule has 1 aliphatic rings. The first-order valence-electron chi connectivity index (χ1n) is 16.4. The van der Waals surface area contributed by atoms with Gasteiger partial charge in [-0.05, 0) is 112 Å². The summed E-state index contributed by atoms with van der Waals surface area (Å²) < 4.78 is 27.5. The van der Waals surface area contributed by atoms with Crippen LogP contribution < -0.4 is 29.0 Å². The van der Waals surface area contributed by atoms with Gasteiger partial charge >= 0.3 is 10.9 Å². The highest BCUT2D eigenvalue weighted by Gasteiger charge is 2.42. The van der Waals surface area contributed by atoms with Crippen LogP contribution in [0.5, 0.6) is 17.2 Å². The zero-order valence-corrected chi connectivity index (χ0v) is 29.9. The maximum atomic E-state index is 13.0. The van der Waals surface area contributed by atoms with Crippen molar-refractivity contribution in [3.8, 4) is 50.2 Å². The maximum absolute atomic E-state index is 13.0. The molecular formula is C38H45N4O5S+. The van der Waals surface area contributed by atoms with E-state index in [0.717, 1.165) is 79.8 Å². The number of benzene rings is 3. The van der Waals surface area contributed by atoms with E-state index in [2.05, 4.69) is 96.3 Å². The topological polar surface area (TPSA) is 77.6 Å². The van der Waals surface area contributed by atoms with Gasteiger partial charge < -0.3 is 29.2 Å². The molecule has 0 aliphatic carbocycles. The molecule has 6 rings (SSSR count). The lowest BCUT2D eigenvalue weighted by molar-refractivity contribution is -0.684. The van der Waals surface area contributed by atoms with Crippen molar-refractivity contribution < 1.29 is 28.3 Å². The van der Waals surface area contributed by atoms with E-state index in [1.54, 1.807) is 25.6 Å². The van der Waals surface area contributed by atoms with E-state index in [-0.39, 0.29) is 24.0 Å². The standard InChI is InChI=1S/C38H45N4O5S/c1-9-40(10-2)26-15-20-30-31(21-26)47-23-27(22-32(43)46-8)41-34(30)36(39-38(3,4)5)42-33(24-11-16-28(44-6)17-12-24)35(48-37(41)42)25-13-18-29(45-7)19-14-25/h11-21,27,39H,9-10,22-23H2,1-8H3/q+1. The Morgan fingerprint density at radius 3 is 2.15 bits per heavy atom. The number of methoxy groups -OCH3 is 3. The predicted molar refractivity (Wildman–Crippen MR) is 193 cm³/mol. The first kappa shape index (κ1) is 33.2. The maximum Gasteiger partial charge on any atom is 0.349 e. The summed E-state index contributed by atoms with van der Waals surface area (Å²) in [6.45, 7) is 12.9. The van der Waals surface area contributed by atoms with Crippen LogP contribution in [0.3, 0.4) is 0 Å². The van der Waals surface area contributed by atoms with Gasteiger partial charge in [-0.1, -0.05) is 0 Å². The summed E-state index contributed by atoms with van der Waals surface area (Å²) in [6, 6.07) is 22.5. The number of aromatic nitrogens is 2. The van der Waals surface area contributed by atoms with Crippen LogP contribution in [-0.2, 0) is 9.53 Å². The number of carbonyl (C=O) groups excluding carboxylic acids is 1. The molecule has 10 heteroatoms. The van der Waals surface area contributed by atoms with Crippen LogP contribution >= 0.6 is 11.3 Å². The minimum absolute atomic E-state index is 0.160. The number of rotatable bonds is 10. The first-order valence-corrected chi connectivity index (χ1v) is 17.2. The number of anilines is 2. The van der Waals surface area contributed by atoms with Crippen molar-refractivity contribution in [3.05, 3.63) is 66.7 Å². The number of thiazole rings is 1. The Balaban J connectivity index is 1.73. The summed E-state index contributed by atoms with van der Waals surface area (Å²) in [5.74, 6) is 3.01. The minimum Gasteiger partial charge on any atom is -0.497 e. The largest absolute Gasteiger partial charge is 0.497 e. The third kappa shape index (κ3) is 6.17. The van der Waals surface area contributed by atoms with Gasteiger partial charge in [-0.2, -0.15) is 4.40 Å². The number of hydrogen-bond acceptors (Lipinski definition) is 8. The van der Waals surface area contributed by atoms with Crippen LogP contribution in [0.1, 0.15) is 47.1 Å². The summed E-state index contributed by atoms with van der Waals surface area (Å²) in [4.78, 5) is 17.3. The molecular weight excluding hydrogens is 625 g/mol. The van der Waals surface area contributed by atoms with Gasteiger partial charge in [0.25, 0.3) is 0 Å². The summed E-state index contributed by atoms with van der Waals surface area (Å²) in [5, 5.41) is 3.89. The number of carbonyl (C=O) groups is 1. The second kappa shape index (κ2) is 13.4. The number of nitrogens with zero attached hydrogens (tertiary/aromatic N) is 3. The number of esters is 1. The molecule has 0 bridgehead atoms. The van der Waals surface area contributed by atoms with Crippen molar-refractivity contribution in [3.63, 3.8) is 0 Å². The number of imidazole rings is 1. The summed E-state index contributed by atoms with van der Waals surface area (Å²) in [7, 11) is 4.79. The Kier molecular flexibility index (Phi) is 9.29. The lowest BCUT2D eigenvalue weighted by atomic mass is 10.0. The Bertz CT molecular complexity index is 1920. The van der Waals surface area contributed by atoms with Crippen molar-refractivity contribution in [1.29, 1.82) is 0 Å². The van der Waals surface area contributed by atoms with E-state index in [4.69, 9.17) is 18.9 Å². The van der Waals surface area contributed by atoms with E-state index in [0.29, 0.717) is 6.61 Å². The van der Waals surface area contributed by atoms with Gasteiger partial charge in [-0.15, -0.1) is 0 Å². The van der Waals surface area contributed by atoms with Gasteiger partial charge in [-0.3, -0.25) is 4.79 Å². The Morgan fingerprint density at radius 2 is 1.58 bits per heavy atom. The lowest BCUT2D eigenvalue weighted by Crippen LogP contribution is -2.43. The Morgan fingerprint density at radius 1 is 0.958 bits per heavy atom. The summed E-state index contributed by atoms with van der Waals surface area (Å²) in [6.07, 6.45) is 0.160. The molecule has 1 N–H and O–H groups in total. The van der Waals surface area contributed by atoms with Gasteiger partial charge in [0.15, 0.2) is 5.69 Å². The first-order chi connectivity index (χ1) is 23.1. The molecule has 9 nitrogen and oxygen atoms in total. The van der Waals surface area contributed by atoms with Crippen molar-refractivity contribution >= 4 is 33.8 Å². The number of hydrogen-bond donors (Lipinski definition) is 1. The van der Waals surface area contributed by atoms with Crippen molar-refractivity contribution in [2.75, 3.05) is 51.2 Å². The van der Waals surface area contributed by atoms with Crippen LogP contribution in [-0.4, -0.2) is 56.9 Å². The lowest BCUT2D eigenvalue weighted by Gasteiger charge is -2.23. The monoisotopic (exact) mass is 669 g/mol. The van der Waals surface area contributed by atoms with Crippen LogP contribution in [0.25, 0.3) is 37.9 Å². The highest BCUT2D eigenvalue weighted by Crippen LogP contribution is 2.47. The zero-order chi connectivity index (χ0) is 34.2. The van der Waals surface area contributed by atoms with Crippen molar-refractivity contribution in [2.24, 2.45) is 0 Å². The second-order valence-electron chi connectivity index (χ2n) is 12.9. The number of nitrogens with one attached hydrogen (secondary N) is 1. The Hall–Kier alpha value is -4.70. The number of fused-ring (bicyclic) bond motifs is 5. The highest BCUT2D eigenvalue weighted by molar-refractivity contribution is 7.20. The van der Waals surface area contributed by atoms with Crippen LogP contribution in [0.2, 0.25) is 0 Å². The molecule has 0 radical (unpaired) electrons. The molecule has 1 unspecified atom stereocenters. The molecule has 252 valence electrons. The zero-order valence-electron chi connectivity index (χ0n) is 29.0. The molecule has 2 aromatic heterocycles. The molecule has 0 saturated carbocycles. The second-order valence-corrected chi connectivity index (χ2v) is 13.9. The SMILES string of the molecule is CCN(CC)c1ccc2c(c1)OCC(CC(=O)OC)[n+]1c-2c(NC(C)(C)C)n2c(-c3ccc(OC)cc3)c(-c3ccc(OC)cc3)sc21. The normalized spacial score (nSPS) is 14.0. The highest BCUT2D eigenvalue weighted by atomic mass is 32.1. The van der Waals surface area contributed by atoms with Crippen LogP contribution in [0, 0.1) is 0 Å². The van der Waals surface area contributed by atoms with Crippen molar-refractivity contribution in [2.45, 2.75) is 52.6 Å². The minimum atomic E-state index is -0.326. The Labute approximate surface area is 286 Å². The quantitative estimate of drug-likeness (QED) is 0.120. The molecule has 3 aromatic carbocycles. The molecule has 48 heavy (non-hydrogen) atoms.